The molecule has 0 saturated carbocycles. The molecule has 0 saturated heterocycles. The van der Waals surface area contributed by atoms with Crippen LogP contribution < -0.4 is 16.0 Å². The summed E-state index contributed by atoms with van der Waals surface area (Å²) in [5, 5.41) is 2.73. The first-order valence-electron chi connectivity index (χ1n) is 5.61. The van der Waals surface area contributed by atoms with Gasteiger partial charge in [0.1, 0.15) is 5.75 Å². The van der Waals surface area contributed by atoms with Crippen molar-refractivity contribution < 1.29 is 14.4 Å². The van der Waals surface area contributed by atoms with E-state index in [-0.39, 0.29) is 5.91 Å². The fourth-order valence-corrected chi connectivity index (χ4v) is 1.49. The second kappa shape index (κ2) is 7.47. The normalized spacial score (nSPS) is 10.6. The minimum absolute atomic E-state index is 0.105. The Morgan fingerprint density at radius 1 is 1.50 bits per heavy atom. The van der Waals surface area contributed by atoms with Gasteiger partial charge in [0.15, 0.2) is 0 Å². The molecule has 3 N–H and O–H groups in total. The summed E-state index contributed by atoms with van der Waals surface area (Å²) in [6.07, 6.45) is 4.55. The molecule has 0 radical (unpaired) electrons. The number of nitrogens with two attached hydrogens (primary N) is 1. The predicted molar refractivity (Wildman–Crippen MR) is 71.1 cm³/mol. The highest BCUT2D eigenvalue weighted by Crippen LogP contribution is 2.24. The molecule has 0 unspecified atom stereocenters. The van der Waals surface area contributed by atoms with Gasteiger partial charge in [-0.05, 0) is 24.6 Å². The fraction of sp³-hybridized carbons (Fsp3) is 0.308. The van der Waals surface area contributed by atoms with Gasteiger partial charge < -0.3 is 14.9 Å². The third-order valence-corrected chi connectivity index (χ3v) is 2.25. The molecule has 0 heterocycles. The van der Waals surface area contributed by atoms with E-state index < -0.39 is 0 Å². The highest BCUT2D eigenvalue weighted by molar-refractivity contribution is 5.89. The Bertz CT molecular complexity index is 430. The van der Waals surface area contributed by atoms with Crippen LogP contribution in [0.3, 0.4) is 0 Å². The van der Waals surface area contributed by atoms with Crippen molar-refractivity contribution in [2.24, 2.45) is 5.90 Å². The molecule has 0 aliphatic rings. The molecule has 0 atom stereocenters. The molecule has 0 fully saturated rings. The second-order valence-electron chi connectivity index (χ2n) is 3.70. The average molecular weight is 250 g/mol. The van der Waals surface area contributed by atoms with Gasteiger partial charge in [-0.3, -0.25) is 4.79 Å². The van der Waals surface area contributed by atoms with Gasteiger partial charge in [-0.1, -0.05) is 12.2 Å². The summed E-state index contributed by atoms with van der Waals surface area (Å²) in [4.78, 5) is 15.5. The van der Waals surface area contributed by atoms with Crippen molar-refractivity contribution in [1.82, 2.24) is 0 Å². The van der Waals surface area contributed by atoms with Crippen molar-refractivity contribution >= 4 is 17.7 Å². The zero-order chi connectivity index (χ0) is 13.4. The first-order valence-corrected chi connectivity index (χ1v) is 5.61. The van der Waals surface area contributed by atoms with Crippen LogP contribution in [0.15, 0.2) is 24.3 Å². The summed E-state index contributed by atoms with van der Waals surface area (Å²) < 4.78 is 5.24. The number of hydrogen-bond acceptors (Lipinski definition) is 4. The molecule has 1 aromatic rings. The van der Waals surface area contributed by atoms with Gasteiger partial charge in [-0.2, -0.15) is 0 Å². The lowest BCUT2D eigenvalue weighted by Crippen LogP contribution is -2.05. The number of nitrogens with one attached hydrogen (secondary N) is 1. The minimum atomic E-state index is -0.105. The number of benzene rings is 1. The van der Waals surface area contributed by atoms with Crippen LogP contribution in [0.4, 0.5) is 5.69 Å². The van der Waals surface area contributed by atoms with E-state index in [1.54, 1.807) is 13.2 Å². The SMILES string of the molecule is COc1ccc(NC(C)=O)cc1/C=C/CCON. The summed E-state index contributed by atoms with van der Waals surface area (Å²) in [6, 6.07) is 5.45. The smallest absolute Gasteiger partial charge is 0.221 e. The molecule has 18 heavy (non-hydrogen) atoms. The highest BCUT2D eigenvalue weighted by Gasteiger charge is 2.02. The van der Waals surface area contributed by atoms with Crippen LogP contribution in [0.25, 0.3) is 6.08 Å². The van der Waals surface area contributed by atoms with E-state index in [1.807, 2.05) is 24.3 Å². The third kappa shape index (κ3) is 4.57. The summed E-state index contributed by atoms with van der Waals surface area (Å²) in [5.74, 6) is 5.58. The maximum Gasteiger partial charge on any atom is 0.221 e. The quantitative estimate of drug-likeness (QED) is 0.598. The van der Waals surface area contributed by atoms with E-state index in [9.17, 15) is 4.79 Å². The number of carbonyl (C=O) groups is 1. The third-order valence-electron chi connectivity index (χ3n) is 2.25. The Labute approximate surface area is 107 Å². The van der Waals surface area contributed by atoms with Crippen LogP contribution in [-0.2, 0) is 9.63 Å². The second-order valence-corrected chi connectivity index (χ2v) is 3.70. The molecule has 0 aromatic heterocycles. The number of amides is 1. The lowest BCUT2D eigenvalue weighted by atomic mass is 10.1. The van der Waals surface area contributed by atoms with Crippen molar-refractivity contribution in [3.8, 4) is 5.75 Å². The van der Waals surface area contributed by atoms with Crippen LogP contribution in [0.1, 0.15) is 18.9 Å². The summed E-state index contributed by atoms with van der Waals surface area (Å²) in [5.41, 5.74) is 1.62. The number of hydrogen-bond donors (Lipinski definition) is 2. The zero-order valence-corrected chi connectivity index (χ0v) is 10.6. The van der Waals surface area contributed by atoms with Crippen molar-refractivity contribution in [1.29, 1.82) is 0 Å². The van der Waals surface area contributed by atoms with Gasteiger partial charge in [0.2, 0.25) is 5.91 Å². The largest absolute Gasteiger partial charge is 0.496 e. The van der Waals surface area contributed by atoms with Crippen LogP contribution in [0.5, 0.6) is 5.75 Å². The van der Waals surface area contributed by atoms with Crippen LogP contribution in [0.2, 0.25) is 0 Å². The van der Waals surface area contributed by atoms with Crippen LogP contribution in [-0.4, -0.2) is 19.6 Å². The van der Waals surface area contributed by atoms with Crippen LogP contribution >= 0.6 is 0 Å². The average Bonchev–Trinajstić information content (AvgIpc) is 2.34. The Balaban J connectivity index is 2.84. The Hall–Kier alpha value is -1.85. The lowest BCUT2D eigenvalue weighted by molar-refractivity contribution is -0.114. The number of carbonyl (C=O) groups excluding carboxylic acids is 1. The van der Waals surface area contributed by atoms with Gasteiger partial charge in [-0.25, -0.2) is 5.90 Å². The Morgan fingerprint density at radius 3 is 2.89 bits per heavy atom. The summed E-state index contributed by atoms with van der Waals surface area (Å²) >= 11 is 0. The van der Waals surface area contributed by atoms with Crippen molar-refractivity contribution in [3.05, 3.63) is 29.8 Å². The van der Waals surface area contributed by atoms with Crippen molar-refractivity contribution in [2.45, 2.75) is 13.3 Å². The number of rotatable bonds is 6. The molecule has 1 amide bonds. The number of methoxy groups -OCH3 is 1. The molecule has 0 spiro atoms. The molecule has 1 aromatic carbocycles. The lowest BCUT2D eigenvalue weighted by Gasteiger charge is -2.08. The topological polar surface area (TPSA) is 73.6 Å². The zero-order valence-electron chi connectivity index (χ0n) is 10.6. The van der Waals surface area contributed by atoms with E-state index in [2.05, 4.69) is 10.2 Å². The minimum Gasteiger partial charge on any atom is -0.496 e. The van der Waals surface area contributed by atoms with E-state index in [0.717, 1.165) is 17.0 Å². The predicted octanol–water partition coefficient (Wildman–Crippen LogP) is 1.95. The van der Waals surface area contributed by atoms with Gasteiger partial charge >= 0.3 is 0 Å². The Morgan fingerprint density at radius 2 is 2.28 bits per heavy atom. The first-order chi connectivity index (χ1) is 8.67. The van der Waals surface area contributed by atoms with E-state index in [1.165, 1.54) is 6.92 Å². The standard InChI is InChI=1S/C13H18N2O3/c1-10(16)15-12-6-7-13(17-2)11(9-12)5-3-4-8-18-14/h3,5-7,9H,4,8,14H2,1-2H3,(H,15,16)/b5-3+. The van der Waals surface area contributed by atoms with Crippen molar-refractivity contribution in [2.75, 3.05) is 19.0 Å². The van der Waals surface area contributed by atoms with Gasteiger partial charge in [-0.15, -0.1) is 0 Å². The molecule has 5 nitrogen and oxygen atoms in total. The maximum absolute atomic E-state index is 11.0. The van der Waals surface area contributed by atoms with E-state index in [0.29, 0.717) is 13.0 Å². The van der Waals surface area contributed by atoms with E-state index >= 15 is 0 Å². The maximum atomic E-state index is 11.0. The van der Waals surface area contributed by atoms with Gasteiger partial charge in [0.25, 0.3) is 0 Å². The van der Waals surface area contributed by atoms with Crippen molar-refractivity contribution in [3.63, 3.8) is 0 Å². The highest BCUT2D eigenvalue weighted by atomic mass is 16.6. The number of anilines is 1. The van der Waals surface area contributed by atoms with Crippen LogP contribution in [0, 0.1) is 0 Å². The molecule has 0 aliphatic heterocycles. The van der Waals surface area contributed by atoms with Gasteiger partial charge in [0, 0.05) is 18.2 Å². The molecule has 5 heteroatoms. The number of ether oxygens (including phenoxy) is 1. The Kier molecular flexibility index (Phi) is 5.90. The molecule has 0 bridgehead atoms. The molecule has 98 valence electrons. The summed E-state index contributed by atoms with van der Waals surface area (Å²) in [7, 11) is 1.60. The fourth-order valence-electron chi connectivity index (χ4n) is 1.49. The molecule has 0 aliphatic carbocycles. The monoisotopic (exact) mass is 250 g/mol. The van der Waals surface area contributed by atoms with E-state index in [4.69, 9.17) is 10.6 Å². The first kappa shape index (κ1) is 14.2. The molecular weight excluding hydrogens is 232 g/mol. The molecule has 1 rings (SSSR count). The molecular formula is C13H18N2O3. The van der Waals surface area contributed by atoms with Gasteiger partial charge in [0.05, 0.1) is 13.7 Å². The summed E-state index contributed by atoms with van der Waals surface area (Å²) in [6.45, 7) is 1.93.